The van der Waals surface area contributed by atoms with Crippen LogP contribution in [0.5, 0.6) is 0 Å². The number of ether oxygens (including phenoxy) is 1. The zero-order valence-electron chi connectivity index (χ0n) is 14.0. The first kappa shape index (κ1) is 17.3. The first-order valence-corrected chi connectivity index (χ1v) is 8.48. The monoisotopic (exact) mass is 331 g/mol. The van der Waals surface area contributed by atoms with Crippen LogP contribution in [0.1, 0.15) is 26.5 Å². The summed E-state index contributed by atoms with van der Waals surface area (Å²) in [6.07, 6.45) is 5.12. The first-order valence-electron chi connectivity index (χ1n) is 7.25. The summed E-state index contributed by atoms with van der Waals surface area (Å²) in [7, 11) is 0. The molecule has 0 saturated heterocycles. The summed E-state index contributed by atoms with van der Waals surface area (Å²) in [5.74, 6) is 0. The van der Waals surface area contributed by atoms with E-state index in [1.807, 2.05) is 58.3 Å². The van der Waals surface area contributed by atoms with Crippen LogP contribution in [0.15, 0.2) is 35.5 Å². The largest absolute Gasteiger partial charge is 0.444 e. The molecule has 23 heavy (non-hydrogen) atoms. The number of carbonyl (C=O) groups is 1. The zero-order valence-corrected chi connectivity index (χ0v) is 14.8. The molecule has 122 valence electrons. The van der Waals surface area contributed by atoms with Crippen molar-refractivity contribution in [3.8, 4) is 11.3 Å². The summed E-state index contributed by atoms with van der Waals surface area (Å²) >= 11 is 1.63. The Labute approximate surface area is 140 Å². The molecule has 0 bridgehead atoms. The predicted molar refractivity (Wildman–Crippen MR) is 93.8 cm³/mol. The standard InChI is InChI=1S/C17H21N3O2S/c1-11-14(20-16(21)22-17(2,3)4)6-7-15(19-11)12-8-13(23-5)10-18-9-12/h6-10H,1-5H3,(H,20,21). The second kappa shape index (κ2) is 7.00. The molecule has 0 fully saturated rings. The zero-order chi connectivity index (χ0) is 17.0. The molecule has 5 nitrogen and oxygen atoms in total. The van der Waals surface area contributed by atoms with E-state index in [2.05, 4.69) is 15.3 Å². The molecule has 0 atom stereocenters. The average Bonchev–Trinajstić information content (AvgIpc) is 2.47. The van der Waals surface area contributed by atoms with Crippen molar-refractivity contribution < 1.29 is 9.53 Å². The van der Waals surface area contributed by atoms with Crippen LogP contribution in [0.3, 0.4) is 0 Å². The number of carbonyl (C=O) groups excluding carboxylic acids is 1. The van der Waals surface area contributed by atoms with E-state index in [1.54, 1.807) is 18.0 Å². The Morgan fingerprint density at radius 1 is 1.26 bits per heavy atom. The molecule has 1 N–H and O–H groups in total. The van der Waals surface area contributed by atoms with E-state index in [9.17, 15) is 4.79 Å². The van der Waals surface area contributed by atoms with Crippen molar-refractivity contribution in [3.05, 3.63) is 36.3 Å². The van der Waals surface area contributed by atoms with Crippen molar-refractivity contribution >= 4 is 23.5 Å². The number of thioether (sulfide) groups is 1. The van der Waals surface area contributed by atoms with E-state index >= 15 is 0 Å². The minimum absolute atomic E-state index is 0.485. The fourth-order valence-electron chi connectivity index (χ4n) is 1.94. The van der Waals surface area contributed by atoms with Crippen LogP contribution < -0.4 is 5.32 Å². The Morgan fingerprint density at radius 2 is 2.00 bits per heavy atom. The van der Waals surface area contributed by atoms with E-state index in [0.29, 0.717) is 5.69 Å². The van der Waals surface area contributed by atoms with Crippen molar-refractivity contribution in [2.24, 2.45) is 0 Å². The number of pyridine rings is 2. The molecule has 2 heterocycles. The van der Waals surface area contributed by atoms with E-state index in [0.717, 1.165) is 21.8 Å². The summed E-state index contributed by atoms with van der Waals surface area (Å²) in [6, 6.07) is 5.73. The number of aromatic nitrogens is 2. The number of rotatable bonds is 3. The Balaban J connectivity index is 2.19. The van der Waals surface area contributed by atoms with E-state index in [1.165, 1.54) is 0 Å². The lowest BCUT2D eigenvalue weighted by atomic mass is 10.1. The van der Waals surface area contributed by atoms with Gasteiger partial charge >= 0.3 is 6.09 Å². The Bertz CT molecular complexity index is 711. The summed E-state index contributed by atoms with van der Waals surface area (Å²) in [5.41, 5.74) is 2.60. The van der Waals surface area contributed by atoms with Crippen LogP contribution in [0.4, 0.5) is 10.5 Å². The van der Waals surface area contributed by atoms with Gasteiger partial charge in [0.15, 0.2) is 0 Å². The molecule has 0 spiro atoms. The predicted octanol–water partition coefficient (Wildman–Crippen LogP) is 4.52. The lowest BCUT2D eigenvalue weighted by molar-refractivity contribution is 0.0635. The SMILES string of the molecule is CSc1cncc(-c2ccc(NC(=O)OC(C)(C)C)c(C)n2)c1. The van der Waals surface area contributed by atoms with Gasteiger partial charge in [-0.3, -0.25) is 15.3 Å². The first-order chi connectivity index (χ1) is 10.8. The van der Waals surface area contributed by atoms with Crippen LogP contribution >= 0.6 is 11.8 Å². The molecule has 0 unspecified atom stereocenters. The number of aryl methyl sites for hydroxylation is 1. The van der Waals surface area contributed by atoms with Crippen molar-refractivity contribution in [2.75, 3.05) is 11.6 Å². The lowest BCUT2D eigenvalue weighted by Gasteiger charge is -2.20. The minimum atomic E-state index is -0.532. The Morgan fingerprint density at radius 3 is 2.61 bits per heavy atom. The average molecular weight is 331 g/mol. The van der Waals surface area contributed by atoms with Crippen LogP contribution in [-0.4, -0.2) is 27.9 Å². The summed E-state index contributed by atoms with van der Waals surface area (Å²) in [4.78, 5) is 21.7. The summed E-state index contributed by atoms with van der Waals surface area (Å²) < 4.78 is 5.25. The normalized spacial score (nSPS) is 11.2. The number of hydrogen-bond donors (Lipinski definition) is 1. The van der Waals surface area contributed by atoms with Crippen molar-refractivity contribution in [2.45, 2.75) is 38.2 Å². The molecular weight excluding hydrogens is 310 g/mol. The third-order valence-electron chi connectivity index (χ3n) is 2.97. The van der Waals surface area contributed by atoms with Crippen molar-refractivity contribution in [1.82, 2.24) is 9.97 Å². The van der Waals surface area contributed by atoms with Gasteiger partial charge in [-0.1, -0.05) is 0 Å². The van der Waals surface area contributed by atoms with E-state index in [4.69, 9.17) is 4.74 Å². The van der Waals surface area contributed by atoms with Gasteiger partial charge in [-0.2, -0.15) is 0 Å². The molecule has 6 heteroatoms. The van der Waals surface area contributed by atoms with Gasteiger partial charge in [0.25, 0.3) is 0 Å². The van der Waals surface area contributed by atoms with Gasteiger partial charge < -0.3 is 4.74 Å². The second-order valence-electron chi connectivity index (χ2n) is 6.07. The van der Waals surface area contributed by atoms with Crippen molar-refractivity contribution in [3.63, 3.8) is 0 Å². The van der Waals surface area contributed by atoms with E-state index in [-0.39, 0.29) is 0 Å². The maximum atomic E-state index is 11.8. The van der Waals surface area contributed by atoms with Gasteiger partial charge in [-0.25, -0.2) is 4.79 Å². The number of nitrogens with one attached hydrogen (secondary N) is 1. The molecule has 0 aliphatic carbocycles. The highest BCUT2D eigenvalue weighted by atomic mass is 32.2. The molecule has 0 aliphatic rings. The molecule has 0 aliphatic heterocycles. The van der Waals surface area contributed by atoms with Gasteiger partial charge in [-0.15, -0.1) is 11.8 Å². The molecule has 0 aromatic carbocycles. The maximum Gasteiger partial charge on any atom is 0.412 e. The van der Waals surface area contributed by atoms with Gasteiger partial charge in [0.05, 0.1) is 17.1 Å². The smallest absolute Gasteiger partial charge is 0.412 e. The molecule has 2 aromatic heterocycles. The molecule has 2 rings (SSSR count). The minimum Gasteiger partial charge on any atom is -0.444 e. The number of anilines is 1. The number of hydrogen-bond acceptors (Lipinski definition) is 5. The number of nitrogens with zero attached hydrogens (tertiary/aromatic N) is 2. The van der Waals surface area contributed by atoms with Gasteiger partial charge in [-0.05, 0) is 52.1 Å². The Kier molecular flexibility index (Phi) is 5.26. The fourth-order valence-corrected chi connectivity index (χ4v) is 2.35. The summed E-state index contributed by atoms with van der Waals surface area (Å²) in [5, 5.41) is 2.72. The third kappa shape index (κ3) is 4.96. The highest BCUT2D eigenvalue weighted by Gasteiger charge is 2.17. The van der Waals surface area contributed by atoms with Crippen LogP contribution in [-0.2, 0) is 4.74 Å². The highest BCUT2D eigenvalue weighted by Crippen LogP contribution is 2.24. The molecule has 0 saturated carbocycles. The van der Waals surface area contributed by atoms with Crippen molar-refractivity contribution in [1.29, 1.82) is 0 Å². The van der Waals surface area contributed by atoms with Crippen LogP contribution in [0.2, 0.25) is 0 Å². The van der Waals surface area contributed by atoms with E-state index < -0.39 is 11.7 Å². The van der Waals surface area contributed by atoms with Gasteiger partial charge in [0.2, 0.25) is 0 Å². The highest BCUT2D eigenvalue weighted by molar-refractivity contribution is 7.98. The molecule has 0 radical (unpaired) electrons. The summed E-state index contributed by atoms with van der Waals surface area (Å²) in [6.45, 7) is 7.33. The second-order valence-corrected chi connectivity index (χ2v) is 6.95. The number of amides is 1. The maximum absolute atomic E-state index is 11.8. The Hall–Kier alpha value is -2.08. The molecule has 2 aromatic rings. The van der Waals surface area contributed by atoms with Gasteiger partial charge in [0, 0.05) is 22.9 Å². The quantitative estimate of drug-likeness (QED) is 0.838. The third-order valence-corrected chi connectivity index (χ3v) is 3.66. The van der Waals surface area contributed by atoms with Crippen LogP contribution in [0.25, 0.3) is 11.3 Å². The molecular formula is C17H21N3O2S. The topological polar surface area (TPSA) is 64.1 Å². The molecule has 1 amide bonds. The van der Waals surface area contributed by atoms with Gasteiger partial charge in [0.1, 0.15) is 5.60 Å². The fraction of sp³-hybridized carbons (Fsp3) is 0.353. The van der Waals surface area contributed by atoms with Crippen LogP contribution in [0, 0.1) is 6.92 Å². The lowest BCUT2D eigenvalue weighted by Crippen LogP contribution is -2.27.